The lowest BCUT2D eigenvalue weighted by atomic mass is 9.71. The molecular formula is C31H43N3O5S. The first-order valence-corrected chi connectivity index (χ1v) is 15.4. The van der Waals surface area contributed by atoms with Crippen molar-refractivity contribution in [2.75, 3.05) is 42.6 Å². The highest BCUT2D eigenvalue weighted by molar-refractivity contribution is 8.02. The molecule has 1 spiro atoms. The van der Waals surface area contributed by atoms with Crippen LogP contribution in [0.5, 0.6) is 0 Å². The third-order valence-electron chi connectivity index (χ3n) is 8.75. The third kappa shape index (κ3) is 5.07. The molecule has 2 amide bonds. The Hall–Kier alpha value is -2.78. The summed E-state index contributed by atoms with van der Waals surface area (Å²) < 4.78 is 4.82. The van der Waals surface area contributed by atoms with Crippen molar-refractivity contribution in [1.82, 2.24) is 4.90 Å². The summed E-state index contributed by atoms with van der Waals surface area (Å²) in [5.74, 6) is -2.06. The van der Waals surface area contributed by atoms with Gasteiger partial charge in [-0.25, -0.2) is 0 Å². The second-order valence-corrected chi connectivity index (χ2v) is 12.3. The summed E-state index contributed by atoms with van der Waals surface area (Å²) in [5.41, 5.74) is 1.80. The number of fused-ring (bicyclic) bond motifs is 1. The van der Waals surface area contributed by atoms with Crippen molar-refractivity contribution in [3.05, 3.63) is 49.6 Å². The van der Waals surface area contributed by atoms with Gasteiger partial charge in [-0.3, -0.25) is 14.4 Å². The van der Waals surface area contributed by atoms with E-state index in [-0.39, 0.29) is 42.8 Å². The topological polar surface area (TPSA) is 90.4 Å². The lowest BCUT2D eigenvalue weighted by Crippen LogP contribution is -2.57. The van der Waals surface area contributed by atoms with E-state index in [1.165, 1.54) is 0 Å². The number of amides is 2. The van der Waals surface area contributed by atoms with E-state index in [1.54, 1.807) is 33.7 Å². The number of thioether (sulfide) groups is 1. The number of carbonyl (C=O) groups is 3. The molecule has 3 aliphatic rings. The van der Waals surface area contributed by atoms with E-state index < -0.39 is 28.7 Å². The Morgan fingerprint density at radius 3 is 2.42 bits per heavy atom. The molecule has 3 saturated heterocycles. The average molecular weight is 570 g/mol. The van der Waals surface area contributed by atoms with Crippen LogP contribution in [-0.2, 0) is 19.1 Å². The number of nitrogens with zero attached hydrogens (tertiary/aromatic N) is 3. The van der Waals surface area contributed by atoms with E-state index in [2.05, 4.69) is 31.9 Å². The predicted octanol–water partition coefficient (Wildman–Crippen LogP) is 4.03. The van der Waals surface area contributed by atoms with Crippen molar-refractivity contribution in [3.8, 4) is 0 Å². The molecule has 9 heteroatoms. The predicted molar refractivity (Wildman–Crippen MR) is 160 cm³/mol. The molecule has 8 nitrogen and oxygen atoms in total. The van der Waals surface area contributed by atoms with E-state index in [9.17, 15) is 19.5 Å². The molecule has 3 heterocycles. The highest BCUT2D eigenvalue weighted by atomic mass is 32.2. The van der Waals surface area contributed by atoms with Gasteiger partial charge in [-0.15, -0.1) is 24.9 Å². The van der Waals surface area contributed by atoms with Crippen molar-refractivity contribution in [1.29, 1.82) is 0 Å². The first-order valence-electron chi connectivity index (χ1n) is 14.5. The lowest BCUT2D eigenvalue weighted by Gasteiger charge is -2.39. The zero-order valence-electron chi connectivity index (χ0n) is 24.0. The summed E-state index contributed by atoms with van der Waals surface area (Å²) in [6.07, 6.45) is 5.82. The molecule has 1 N–H and O–H groups in total. The molecule has 0 radical (unpaired) electrons. The molecule has 2 unspecified atom stereocenters. The van der Waals surface area contributed by atoms with Gasteiger partial charge in [0.15, 0.2) is 0 Å². The summed E-state index contributed by atoms with van der Waals surface area (Å²) in [6.45, 7) is 15.7. The van der Waals surface area contributed by atoms with Crippen LogP contribution in [0.1, 0.15) is 46.5 Å². The van der Waals surface area contributed by atoms with Gasteiger partial charge in [0.2, 0.25) is 5.91 Å². The number of aliphatic hydroxyl groups excluding tert-OH is 1. The van der Waals surface area contributed by atoms with Crippen LogP contribution in [0.25, 0.3) is 0 Å². The second-order valence-electron chi connectivity index (χ2n) is 10.7. The highest BCUT2D eigenvalue weighted by Gasteiger charge is 2.74. The molecule has 40 heavy (non-hydrogen) atoms. The number of anilines is 2. The van der Waals surface area contributed by atoms with Crippen molar-refractivity contribution in [2.24, 2.45) is 11.8 Å². The van der Waals surface area contributed by atoms with Crippen molar-refractivity contribution >= 4 is 40.9 Å². The van der Waals surface area contributed by atoms with Crippen LogP contribution in [0, 0.1) is 11.8 Å². The largest absolute Gasteiger partial charge is 0.465 e. The lowest BCUT2D eigenvalue weighted by molar-refractivity contribution is -0.154. The quantitative estimate of drug-likeness (QED) is 0.206. The van der Waals surface area contributed by atoms with Gasteiger partial charge < -0.3 is 24.5 Å². The van der Waals surface area contributed by atoms with Crippen LogP contribution in [-0.4, -0.2) is 82.7 Å². The van der Waals surface area contributed by atoms with Gasteiger partial charge in [0.1, 0.15) is 6.04 Å². The standard InChI is InChI=1S/C31H43N3O5S/c1-6-11-19-39-30(38)25-24-16-17-31(40-24)26(25)28(36)34(21(8-3)20-35)27(31)29(37)33(18-7-2)23-14-12-22(13-15-23)32(9-4)10-5/h6-7,12-15,21,24-27,35H,1-2,8-11,16-20H2,3-5H3/t21-,24+,25-,26-,27?,31?/m0/s1. The minimum atomic E-state index is -0.800. The summed E-state index contributed by atoms with van der Waals surface area (Å²) in [4.78, 5) is 47.6. The van der Waals surface area contributed by atoms with Crippen LogP contribution >= 0.6 is 11.8 Å². The normalized spacial score (nSPS) is 27.3. The first-order chi connectivity index (χ1) is 19.3. The molecule has 218 valence electrons. The van der Waals surface area contributed by atoms with Crippen molar-refractivity contribution in [2.45, 2.75) is 68.5 Å². The van der Waals surface area contributed by atoms with Crippen LogP contribution < -0.4 is 9.80 Å². The molecule has 3 aliphatic heterocycles. The third-order valence-corrected chi connectivity index (χ3v) is 10.7. The maximum atomic E-state index is 14.6. The number of rotatable bonds is 14. The molecule has 2 bridgehead atoms. The van der Waals surface area contributed by atoms with Gasteiger partial charge >= 0.3 is 5.97 Å². The van der Waals surface area contributed by atoms with E-state index in [0.29, 0.717) is 19.3 Å². The van der Waals surface area contributed by atoms with Crippen molar-refractivity contribution < 1.29 is 24.2 Å². The average Bonchev–Trinajstić information content (AvgIpc) is 3.61. The summed E-state index contributed by atoms with van der Waals surface area (Å²) in [7, 11) is 0. The van der Waals surface area contributed by atoms with Gasteiger partial charge in [0.05, 0.1) is 35.8 Å². The number of esters is 1. The Bertz CT molecular complexity index is 1100. The van der Waals surface area contributed by atoms with Crippen LogP contribution in [0.2, 0.25) is 0 Å². The molecule has 1 aromatic carbocycles. The summed E-state index contributed by atoms with van der Waals surface area (Å²) in [6, 6.07) is 6.58. The van der Waals surface area contributed by atoms with E-state index in [4.69, 9.17) is 4.74 Å². The maximum absolute atomic E-state index is 14.6. The highest BCUT2D eigenvalue weighted by Crippen LogP contribution is 2.67. The molecule has 0 aliphatic carbocycles. The molecule has 6 atom stereocenters. The minimum absolute atomic E-state index is 0.0713. The fourth-order valence-corrected chi connectivity index (χ4v) is 9.00. The Morgan fingerprint density at radius 2 is 1.85 bits per heavy atom. The van der Waals surface area contributed by atoms with Crippen LogP contribution in [0.15, 0.2) is 49.6 Å². The number of hydrogen-bond acceptors (Lipinski definition) is 7. The number of benzene rings is 1. The zero-order valence-corrected chi connectivity index (χ0v) is 24.8. The Balaban J connectivity index is 1.73. The van der Waals surface area contributed by atoms with Crippen molar-refractivity contribution in [3.63, 3.8) is 0 Å². The molecule has 4 rings (SSSR count). The fourth-order valence-electron chi connectivity index (χ4n) is 6.82. The molecule has 0 aromatic heterocycles. The maximum Gasteiger partial charge on any atom is 0.310 e. The minimum Gasteiger partial charge on any atom is -0.465 e. The van der Waals surface area contributed by atoms with Gasteiger partial charge in [-0.05, 0) is 63.8 Å². The number of carbonyl (C=O) groups excluding carboxylic acids is 3. The van der Waals surface area contributed by atoms with E-state index in [0.717, 1.165) is 30.9 Å². The number of ether oxygens (including phenoxy) is 1. The Morgan fingerprint density at radius 1 is 1.18 bits per heavy atom. The Labute approximate surface area is 242 Å². The van der Waals surface area contributed by atoms with Gasteiger partial charge in [0.25, 0.3) is 5.91 Å². The second kappa shape index (κ2) is 12.8. The fraction of sp³-hybridized carbons (Fsp3) is 0.581. The molecule has 1 aromatic rings. The first kappa shape index (κ1) is 30.2. The van der Waals surface area contributed by atoms with Crippen LogP contribution in [0.4, 0.5) is 11.4 Å². The molecular weight excluding hydrogens is 526 g/mol. The van der Waals surface area contributed by atoms with Gasteiger partial charge in [0, 0.05) is 36.3 Å². The SMILES string of the molecule is C=CCCOC(=O)[C@@H]1[C@H]2C(=O)N([C@@H](CC)CO)C(C(=O)N(CC=C)c3ccc(N(CC)CC)cc3)C23CC[C@H]1S3. The number of hydrogen-bond donors (Lipinski definition) is 1. The number of likely N-dealkylation sites (tertiary alicyclic amines) is 1. The number of aliphatic hydroxyl groups is 1. The molecule has 0 saturated carbocycles. The van der Waals surface area contributed by atoms with E-state index in [1.807, 2.05) is 31.2 Å². The van der Waals surface area contributed by atoms with Gasteiger partial charge in [-0.1, -0.05) is 19.1 Å². The Kier molecular flexibility index (Phi) is 9.67. The van der Waals surface area contributed by atoms with E-state index >= 15 is 0 Å². The van der Waals surface area contributed by atoms with Crippen LogP contribution in [0.3, 0.4) is 0 Å². The monoisotopic (exact) mass is 569 g/mol. The summed E-state index contributed by atoms with van der Waals surface area (Å²) in [5, 5.41) is 10.2. The zero-order chi connectivity index (χ0) is 29.0. The smallest absolute Gasteiger partial charge is 0.310 e. The van der Waals surface area contributed by atoms with Gasteiger partial charge in [-0.2, -0.15) is 0 Å². The summed E-state index contributed by atoms with van der Waals surface area (Å²) >= 11 is 1.61. The molecule has 3 fully saturated rings.